The van der Waals surface area contributed by atoms with Crippen molar-refractivity contribution in [2.24, 2.45) is 0 Å². The predicted molar refractivity (Wildman–Crippen MR) is 112 cm³/mol. The molecule has 6 nitrogen and oxygen atoms in total. The molecule has 27 heavy (non-hydrogen) atoms. The molecule has 0 aliphatic heterocycles. The van der Waals surface area contributed by atoms with Gasteiger partial charge in [0.1, 0.15) is 10.7 Å². The molecule has 0 unspecified atom stereocenters. The first-order valence-electron chi connectivity index (χ1n) is 8.52. The second kappa shape index (κ2) is 7.92. The molecule has 0 spiro atoms. The van der Waals surface area contributed by atoms with Gasteiger partial charge in [-0.2, -0.15) is 0 Å². The van der Waals surface area contributed by atoms with Crippen LogP contribution < -0.4 is 16.4 Å². The van der Waals surface area contributed by atoms with Crippen molar-refractivity contribution in [2.45, 2.75) is 25.0 Å². The Morgan fingerprint density at radius 1 is 1.37 bits per heavy atom. The molecule has 9 heteroatoms. The number of hydrogen-bond donors (Lipinski definition) is 3. The Labute approximate surface area is 168 Å². The van der Waals surface area contributed by atoms with E-state index in [-0.39, 0.29) is 17.2 Å². The summed E-state index contributed by atoms with van der Waals surface area (Å²) in [5.41, 5.74) is 7.26. The van der Waals surface area contributed by atoms with Crippen LogP contribution >= 0.6 is 34.7 Å². The van der Waals surface area contributed by atoms with Crippen molar-refractivity contribution >= 4 is 56.5 Å². The van der Waals surface area contributed by atoms with Crippen LogP contribution in [0.4, 0.5) is 5.69 Å². The van der Waals surface area contributed by atoms with Gasteiger partial charge in [-0.3, -0.25) is 20.4 Å². The van der Waals surface area contributed by atoms with Crippen molar-refractivity contribution in [3.05, 3.63) is 55.9 Å². The van der Waals surface area contributed by atoms with Crippen LogP contribution in [0, 0.1) is 0 Å². The minimum absolute atomic E-state index is 0.0675. The average molecular weight is 421 g/mol. The van der Waals surface area contributed by atoms with E-state index in [1.807, 2.05) is 6.07 Å². The van der Waals surface area contributed by atoms with Crippen LogP contribution in [0.15, 0.2) is 29.1 Å². The largest absolute Gasteiger partial charge is 0.309 e. The molecule has 0 saturated carbocycles. The van der Waals surface area contributed by atoms with Crippen LogP contribution in [0.1, 0.15) is 22.7 Å². The van der Waals surface area contributed by atoms with E-state index >= 15 is 0 Å². The van der Waals surface area contributed by atoms with Crippen LogP contribution in [-0.2, 0) is 23.4 Å². The van der Waals surface area contributed by atoms with Crippen LogP contribution in [0.2, 0.25) is 5.02 Å². The van der Waals surface area contributed by atoms with Crippen LogP contribution in [0.3, 0.4) is 0 Å². The van der Waals surface area contributed by atoms with E-state index in [0.717, 1.165) is 29.5 Å². The van der Waals surface area contributed by atoms with Gasteiger partial charge < -0.3 is 4.98 Å². The number of anilines is 1. The number of benzene rings is 1. The summed E-state index contributed by atoms with van der Waals surface area (Å²) in [5.74, 6) is 1.15. The lowest BCUT2D eigenvalue weighted by molar-refractivity contribution is -0.118. The zero-order chi connectivity index (χ0) is 18.8. The Balaban J connectivity index is 1.32. The monoisotopic (exact) mass is 420 g/mol. The number of aryl methyl sites for hydroxylation is 2. The first-order valence-corrected chi connectivity index (χ1v) is 10.9. The Kier molecular flexibility index (Phi) is 5.38. The van der Waals surface area contributed by atoms with Crippen molar-refractivity contribution in [3.8, 4) is 0 Å². The highest BCUT2D eigenvalue weighted by molar-refractivity contribution is 7.99. The number of aromatic amines is 1. The lowest BCUT2D eigenvalue weighted by Crippen LogP contribution is -2.30. The fourth-order valence-electron chi connectivity index (χ4n) is 3.10. The molecule has 3 aromatic rings. The van der Waals surface area contributed by atoms with Crippen molar-refractivity contribution in [1.29, 1.82) is 0 Å². The minimum Gasteiger partial charge on any atom is -0.309 e. The number of hydrazine groups is 1. The van der Waals surface area contributed by atoms with Crippen LogP contribution in [-0.4, -0.2) is 21.6 Å². The maximum Gasteiger partial charge on any atom is 0.259 e. The van der Waals surface area contributed by atoms with Gasteiger partial charge in [0.2, 0.25) is 5.91 Å². The number of thioether (sulfide) groups is 1. The second-order valence-electron chi connectivity index (χ2n) is 6.23. The fourth-order valence-corrected chi connectivity index (χ4v) is 5.26. The van der Waals surface area contributed by atoms with Gasteiger partial charge in [0.05, 0.1) is 22.6 Å². The number of hydrogen-bond acceptors (Lipinski definition) is 6. The van der Waals surface area contributed by atoms with E-state index in [9.17, 15) is 9.59 Å². The third-order valence-electron chi connectivity index (χ3n) is 4.27. The average Bonchev–Trinajstić information content (AvgIpc) is 3.20. The standard InChI is InChI=1S/C18H17ClN4O2S2/c19-10-3-1-4-11(7-10)22-23-15(24)9-26-8-14-20-17(25)16-12-5-2-6-13(12)27-18(16)21-14/h1,3-4,7,22H,2,5-6,8-9H2,(H,23,24)(H,20,21,25). The topological polar surface area (TPSA) is 86.9 Å². The smallest absolute Gasteiger partial charge is 0.259 e. The van der Waals surface area contributed by atoms with Crippen molar-refractivity contribution in [2.75, 3.05) is 11.2 Å². The Hall–Kier alpha value is -2.03. The molecule has 1 aliphatic rings. The fraction of sp³-hybridized carbons (Fsp3) is 0.278. The summed E-state index contributed by atoms with van der Waals surface area (Å²) < 4.78 is 0. The van der Waals surface area contributed by atoms with Gasteiger partial charge in [-0.25, -0.2) is 4.98 Å². The van der Waals surface area contributed by atoms with Crippen LogP contribution in [0.5, 0.6) is 0 Å². The molecule has 0 bridgehead atoms. The number of rotatable bonds is 6. The van der Waals surface area contributed by atoms with Crippen molar-refractivity contribution < 1.29 is 4.79 Å². The first-order chi connectivity index (χ1) is 13.1. The molecule has 1 aromatic carbocycles. The molecule has 2 aromatic heterocycles. The third kappa shape index (κ3) is 4.12. The number of halogens is 1. The van der Waals surface area contributed by atoms with Gasteiger partial charge in [0.15, 0.2) is 0 Å². The van der Waals surface area contributed by atoms with Gasteiger partial charge in [0.25, 0.3) is 5.56 Å². The zero-order valence-electron chi connectivity index (χ0n) is 14.3. The normalized spacial score (nSPS) is 12.9. The van der Waals surface area contributed by atoms with Gasteiger partial charge in [-0.15, -0.1) is 23.1 Å². The maximum atomic E-state index is 12.4. The molecule has 0 atom stereocenters. The number of H-pyrrole nitrogens is 1. The molecule has 1 amide bonds. The Morgan fingerprint density at radius 2 is 2.26 bits per heavy atom. The summed E-state index contributed by atoms with van der Waals surface area (Å²) in [6.07, 6.45) is 3.13. The SMILES string of the molecule is O=C(CSCc1nc2sc3c(c2c(=O)[nH]1)CCC3)NNc1cccc(Cl)c1. The van der Waals surface area contributed by atoms with Gasteiger partial charge in [0, 0.05) is 9.90 Å². The molecule has 4 rings (SSSR count). The highest BCUT2D eigenvalue weighted by atomic mass is 35.5. The number of fused-ring (bicyclic) bond motifs is 3. The number of thiophene rings is 1. The van der Waals surface area contributed by atoms with Gasteiger partial charge in [-0.05, 0) is 43.0 Å². The van der Waals surface area contributed by atoms with E-state index in [1.165, 1.54) is 22.2 Å². The summed E-state index contributed by atoms with van der Waals surface area (Å²) in [6, 6.07) is 7.08. The highest BCUT2D eigenvalue weighted by Gasteiger charge is 2.21. The minimum atomic E-state index is -0.168. The number of nitrogens with one attached hydrogen (secondary N) is 3. The molecule has 1 aliphatic carbocycles. The summed E-state index contributed by atoms with van der Waals surface area (Å²) in [7, 11) is 0. The van der Waals surface area contributed by atoms with Gasteiger partial charge in [-0.1, -0.05) is 17.7 Å². The summed E-state index contributed by atoms with van der Waals surface area (Å²) in [5, 5.41) is 1.35. The van der Waals surface area contributed by atoms with Crippen molar-refractivity contribution in [3.63, 3.8) is 0 Å². The number of aromatic nitrogens is 2. The van der Waals surface area contributed by atoms with Crippen LogP contribution in [0.25, 0.3) is 10.2 Å². The molecule has 2 heterocycles. The highest BCUT2D eigenvalue weighted by Crippen LogP contribution is 2.34. The zero-order valence-corrected chi connectivity index (χ0v) is 16.7. The summed E-state index contributed by atoms with van der Waals surface area (Å²) >= 11 is 8.91. The van der Waals surface area contributed by atoms with Crippen molar-refractivity contribution in [1.82, 2.24) is 15.4 Å². The quantitative estimate of drug-likeness (QED) is 0.531. The number of amides is 1. The van der Waals surface area contributed by atoms with Gasteiger partial charge >= 0.3 is 0 Å². The van der Waals surface area contributed by atoms with E-state index in [4.69, 9.17) is 11.6 Å². The molecule has 0 radical (unpaired) electrons. The molecule has 3 N–H and O–H groups in total. The second-order valence-corrected chi connectivity index (χ2v) is 8.73. The molecule has 0 saturated heterocycles. The van der Waals surface area contributed by atoms with E-state index in [1.54, 1.807) is 29.5 Å². The third-order valence-corrected chi connectivity index (χ3v) is 6.63. The Bertz CT molecular complexity index is 1060. The lowest BCUT2D eigenvalue weighted by atomic mass is 10.2. The summed E-state index contributed by atoms with van der Waals surface area (Å²) in [4.78, 5) is 33.9. The number of carbonyl (C=O) groups is 1. The Morgan fingerprint density at radius 3 is 3.11 bits per heavy atom. The number of nitrogens with zero attached hydrogens (tertiary/aromatic N) is 1. The van der Waals surface area contributed by atoms with E-state index in [2.05, 4.69) is 20.8 Å². The number of carbonyl (C=O) groups excluding carboxylic acids is 1. The molecular formula is C18H17ClN4O2S2. The van der Waals surface area contributed by atoms with E-state index in [0.29, 0.717) is 22.3 Å². The molecular weight excluding hydrogens is 404 g/mol. The molecule has 140 valence electrons. The van der Waals surface area contributed by atoms with E-state index < -0.39 is 0 Å². The maximum absolute atomic E-state index is 12.4. The summed E-state index contributed by atoms with van der Waals surface area (Å²) in [6.45, 7) is 0. The predicted octanol–water partition coefficient (Wildman–Crippen LogP) is 3.50. The lowest BCUT2D eigenvalue weighted by Gasteiger charge is -2.08. The molecule has 0 fully saturated rings. The first kappa shape index (κ1) is 18.3.